The van der Waals surface area contributed by atoms with Gasteiger partial charge in [0, 0.05) is 31.9 Å². The number of anilines is 1. The van der Waals surface area contributed by atoms with Crippen LogP contribution in [0, 0.1) is 5.82 Å². The van der Waals surface area contributed by atoms with Gasteiger partial charge in [0.15, 0.2) is 0 Å². The number of furan rings is 1. The fourth-order valence-corrected chi connectivity index (χ4v) is 2.71. The minimum atomic E-state index is -0.461. The fraction of sp³-hybridized carbons (Fsp3) is 0.353. The number of hydrogen-bond donors (Lipinski definition) is 0. The molecule has 2 heterocycles. The molecule has 1 fully saturated rings. The van der Waals surface area contributed by atoms with Crippen LogP contribution >= 0.6 is 0 Å². The van der Waals surface area contributed by atoms with E-state index in [0.29, 0.717) is 6.54 Å². The zero-order chi connectivity index (χ0) is 16.2. The van der Waals surface area contributed by atoms with E-state index in [9.17, 15) is 9.18 Å². The van der Waals surface area contributed by atoms with E-state index >= 15 is 0 Å². The lowest BCUT2D eigenvalue weighted by Crippen LogP contribution is -2.45. The number of methoxy groups -OCH3 is 1. The Hall–Kier alpha value is -2.34. The topological polar surface area (TPSA) is 45.9 Å². The van der Waals surface area contributed by atoms with Crippen molar-refractivity contribution in [2.45, 2.75) is 6.54 Å². The lowest BCUT2D eigenvalue weighted by atomic mass is 10.2. The predicted molar refractivity (Wildman–Crippen MR) is 83.9 cm³/mol. The van der Waals surface area contributed by atoms with Crippen LogP contribution in [0.25, 0.3) is 0 Å². The molecule has 0 aliphatic carbocycles. The molecular formula is C17H19FN2O3. The summed E-state index contributed by atoms with van der Waals surface area (Å²) < 4.78 is 23.1. The molecule has 0 amide bonds. The summed E-state index contributed by atoms with van der Waals surface area (Å²) in [7, 11) is 1.33. The van der Waals surface area contributed by atoms with Crippen LogP contribution in [0.2, 0.25) is 0 Å². The number of hydrogen-bond acceptors (Lipinski definition) is 5. The highest BCUT2D eigenvalue weighted by Crippen LogP contribution is 2.18. The highest BCUT2D eigenvalue weighted by molar-refractivity contribution is 5.86. The summed E-state index contributed by atoms with van der Waals surface area (Å²) in [6, 6.07) is 10.0. The van der Waals surface area contributed by atoms with Gasteiger partial charge in [0.05, 0.1) is 13.7 Å². The zero-order valence-electron chi connectivity index (χ0n) is 13.0. The highest BCUT2D eigenvalue weighted by atomic mass is 19.1. The summed E-state index contributed by atoms with van der Waals surface area (Å²) in [5.41, 5.74) is 1.04. The lowest BCUT2D eigenvalue weighted by Gasteiger charge is -2.35. The number of benzene rings is 1. The zero-order valence-corrected chi connectivity index (χ0v) is 13.0. The third-order valence-corrected chi connectivity index (χ3v) is 3.99. The van der Waals surface area contributed by atoms with Crippen LogP contribution in [0.3, 0.4) is 0 Å². The molecule has 1 aliphatic rings. The van der Waals surface area contributed by atoms with Gasteiger partial charge in [-0.25, -0.2) is 9.18 Å². The van der Waals surface area contributed by atoms with E-state index in [0.717, 1.165) is 37.6 Å². The molecule has 1 saturated heterocycles. The first-order valence-electron chi connectivity index (χ1n) is 7.55. The Balaban J connectivity index is 1.54. The summed E-state index contributed by atoms with van der Waals surface area (Å²) in [5, 5.41) is 0. The van der Waals surface area contributed by atoms with Gasteiger partial charge < -0.3 is 14.1 Å². The Kier molecular flexibility index (Phi) is 4.62. The van der Waals surface area contributed by atoms with Gasteiger partial charge in [-0.3, -0.25) is 4.90 Å². The Morgan fingerprint density at radius 1 is 1.13 bits per heavy atom. The van der Waals surface area contributed by atoms with Crippen LogP contribution in [0.15, 0.2) is 40.8 Å². The van der Waals surface area contributed by atoms with Crippen molar-refractivity contribution in [1.82, 2.24) is 4.90 Å². The number of esters is 1. The molecule has 23 heavy (non-hydrogen) atoms. The summed E-state index contributed by atoms with van der Waals surface area (Å²) in [5.74, 6) is 0.303. The van der Waals surface area contributed by atoms with Gasteiger partial charge >= 0.3 is 5.97 Å². The van der Waals surface area contributed by atoms with Crippen molar-refractivity contribution in [3.8, 4) is 0 Å². The van der Waals surface area contributed by atoms with Crippen LogP contribution in [0.5, 0.6) is 0 Å². The van der Waals surface area contributed by atoms with E-state index in [-0.39, 0.29) is 11.6 Å². The average Bonchev–Trinajstić information content (AvgIpc) is 3.04. The summed E-state index contributed by atoms with van der Waals surface area (Å²) in [6.07, 6.45) is 0. The van der Waals surface area contributed by atoms with Crippen molar-refractivity contribution in [3.05, 3.63) is 53.7 Å². The standard InChI is InChI=1S/C17H19FN2O3/c1-22-17(21)16-7-6-15(23-16)12-19-8-10-20(11-9-19)14-4-2-13(18)3-5-14/h2-7H,8-12H2,1H3. The van der Waals surface area contributed by atoms with E-state index in [1.165, 1.54) is 19.2 Å². The third-order valence-electron chi connectivity index (χ3n) is 3.99. The second-order valence-electron chi connectivity index (χ2n) is 5.50. The molecule has 0 bridgehead atoms. The molecule has 122 valence electrons. The van der Waals surface area contributed by atoms with Gasteiger partial charge in [-0.05, 0) is 36.4 Å². The van der Waals surface area contributed by atoms with Crippen molar-refractivity contribution in [2.75, 3.05) is 38.2 Å². The van der Waals surface area contributed by atoms with E-state index in [1.54, 1.807) is 24.3 Å². The Morgan fingerprint density at radius 3 is 2.48 bits per heavy atom. The molecule has 1 aliphatic heterocycles. The van der Waals surface area contributed by atoms with Crippen molar-refractivity contribution in [1.29, 1.82) is 0 Å². The molecule has 1 aromatic carbocycles. The number of rotatable bonds is 4. The molecular weight excluding hydrogens is 299 g/mol. The third kappa shape index (κ3) is 3.71. The first-order chi connectivity index (χ1) is 11.2. The van der Waals surface area contributed by atoms with Crippen molar-refractivity contribution in [2.24, 2.45) is 0 Å². The molecule has 0 radical (unpaired) electrons. The number of halogens is 1. The fourth-order valence-electron chi connectivity index (χ4n) is 2.71. The molecule has 2 aromatic rings. The van der Waals surface area contributed by atoms with Crippen LogP contribution in [0.1, 0.15) is 16.3 Å². The number of nitrogens with zero attached hydrogens (tertiary/aromatic N) is 2. The maximum absolute atomic E-state index is 13.0. The van der Waals surface area contributed by atoms with Crippen LogP contribution in [-0.2, 0) is 11.3 Å². The lowest BCUT2D eigenvalue weighted by molar-refractivity contribution is 0.0561. The largest absolute Gasteiger partial charge is 0.463 e. The molecule has 0 atom stereocenters. The molecule has 0 N–H and O–H groups in total. The maximum atomic E-state index is 13.0. The van der Waals surface area contributed by atoms with Crippen molar-refractivity contribution in [3.63, 3.8) is 0 Å². The monoisotopic (exact) mass is 318 g/mol. The molecule has 5 nitrogen and oxygen atoms in total. The second kappa shape index (κ2) is 6.83. The molecule has 0 spiro atoms. The Morgan fingerprint density at radius 2 is 1.83 bits per heavy atom. The van der Waals surface area contributed by atoms with E-state index in [2.05, 4.69) is 14.5 Å². The van der Waals surface area contributed by atoms with Crippen LogP contribution < -0.4 is 4.90 Å². The quantitative estimate of drug-likeness (QED) is 0.811. The number of carbonyl (C=O) groups is 1. The van der Waals surface area contributed by atoms with E-state index < -0.39 is 5.97 Å². The van der Waals surface area contributed by atoms with Crippen molar-refractivity contribution >= 4 is 11.7 Å². The van der Waals surface area contributed by atoms with Gasteiger partial charge in [0.25, 0.3) is 0 Å². The van der Waals surface area contributed by atoms with Gasteiger partial charge in [-0.1, -0.05) is 0 Å². The number of carbonyl (C=O) groups excluding carboxylic acids is 1. The summed E-state index contributed by atoms with van der Waals surface area (Å²) in [6.45, 7) is 4.16. The van der Waals surface area contributed by atoms with Gasteiger partial charge in [-0.2, -0.15) is 0 Å². The molecule has 3 rings (SSSR count). The van der Waals surface area contributed by atoms with E-state index in [4.69, 9.17) is 4.42 Å². The minimum absolute atomic E-state index is 0.216. The summed E-state index contributed by atoms with van der Waals surface area (Å²) in [4.78, 5) is 15.9. The molecule has 0 unspecified atom stereocenters. The van der Waals surface area contributed by atoms with Crippen LogP contribution in [-0.4, -0.2) is 44.2 Å². The molecule has 6 heteroatoms. The Bertz CT molecular complexity index is 661. The van der Waals surface area contributed by atoms with E-state index in [1.807, 2.05) is 0 Å². The smallest absolute Gasteiger partial charge is 0.373 e. The molecule has 1 aromatic heterocycles. The number of ether oxygens (including phenoxy) is 1. The average molecular weight is 318 g/mol. The SMILES string of the molecule is COC(=O)c1ccc(CN2CCN(c3ccc(F)cc3)CC2)o1. The summed E-state index contributed by atoms with van der Waals surface area (Å²) >= 11 is 0. The normalized spacial score (nSPS) is 15.7. The second-order valence-corrected chi connectivity index (χ2v) is 5.50. The maximum Gasteiger partial charge on any atom is 0.373 e. The van der Waals surface area contributed by atoms with Crippen molar-refractivity contribution < 1.29 is 18.3 Å². The minimum Gasteiger partial charge on any atom is -0.463 e. The van der Waals surface area contributed by atoms with Crippen LogP contribution in [0.4, 0.5) is 10.1 Å². The highest BCUT2D eigenvalue weighted by Gasteiger charge is 2.19. The predicted octanol–water partition coefficient (Wildman–Crippen LogP) is 2.53. The van der Waals surface area contributed by atoms with Gasteiger partial charge in [0.1, 0.15) is 11.6 Å². The Labute approximate surface area is 134 Å². The number of piperazine rings is 1. The van der Waals surface area contributed by atoms with Gasteiger partial charge in [-0.15, -0.1) is 0 Å². The molecule has 0 saturated carbocycles. The first kappa shape index (κ1) is 15.6. The van der Waals surface area contributed by atoms with Gasteiger partial charge in [0.2, 0.25) is 5.76 Å². The first-order valence-corrected chi connectivity index (χ1v) is 7.55.